The zero-order valence-electron chi connectivity index (χ0n) is 11.3. The highest BCUT2D eigenvalue weighted by atomic mass is 16.5. The zero-order chi connectivity index (χ0) is 13.5. The Morgan fingerprint density at radius 3 is 2.74 bits per heavy atom. The van der Waals surface area contributed by atoms with E-state index in [9.17, 15) is 0 Å². The predicted octanol–water partition coefficient (Wildman–Crippen LogP) is 2.88. The fraction of sp³-hybridized carbons (Fsp3) is 0.467. The predicted molar refractivity (Wildman–Crippen MR) is 75.1 cm³/mol. The van der Waals surface area contributed by atoms with Gasteiger partial charge in [-0.3, -0.25) is 0 Å². The van der Waals surface area contributed by atoms with Crippen LogP contribution in [0, 0.1) is 0 Å². The van der Waals surface area contributed by atoms with E-state index in [0.717, 1.165) is 29.8 Å². The van der Waals surface area contributed by atoms with E-state index in [4.69, 9.17) is 19.6 Å². The first-order valence-electron chi connectivity index (χ1n) is 6.71. The van der Waals surface area contributed by atoms with E-state index >= 15 is 0 Å². The number of furan rings is 1. The molecule has 0 saturated heterocycles. The third-order valence-corrected chi connectivity index (χ3v) is 2.83. The summed E-state index contributed by atoms with van der Waals surface area (Å²) in [5.74, 6) is 0.760. The lowest BCUT2D eigenvalue weighted by molar-refractivity contribution is 0.0411. The molecule has 1 aromatic carbocycles. The number of benzene rings is 1. The molecule has 0 aliphatic rings. The average molecular weight is 263 g/mol. The molecule has 1 unspecified atom stereocenters. The molecule has 1 atom stereocenters. The normalized spacial score (nSPS) is 12.9. The van der Waals surface area contributed by atoms with E-state index < -0.39 is 0 Å². The Labute approximate surface area is 113 Å². The molecule has 2 rings (SSSR count). The number of rotatable bonds is 8. The average Bonchev–Trinajstić information content (AvgIpc) is 2.86. The van der Waals surface area contributed by atoms with Crippen molar-refractivity contribution < 1.29 is 13.9 Å². The number of ether oxygens (including phenoxy) is 2. The molecule has 0 aliphatic heterocycles. The van der Waals surface area contributed by atoms with Crippen molar-refractivity contribution in [2.45, 2.75) is 19.4 Å². The van der Waals surface area contributed by atoms with E-state index in [1.54, 1.807) is 0 Å². The number of para-hydroxylation sites is 1. The molecule has 2 aromatic rings. The Morgan fingerprint density at radius 1 is 1.16 bits per heavy atom. The summed E-state index contributed by atoms with van der Waals surface area (Å²) in [6, 6.07) is 9.60. The first-order chi connectivity index (χ1) is 9.31. The molecule has 0 radical (unpaired) electrons. The summed E-state index contributed by atoms with van der Waals surface area (Å²) in [5.41, 5.74) is 6.90. The summed E-state index contributed by atoms with van der Waals surface area (Å²) in [4.78, 5) is 0. The van der Waals surface area contributed by atoms with Crippen LogP contribution in [0.3, 0.4) is 0 Å². The summed E-state index contributed by atoms with van der Waals surface area (Å²) in [6.45, 7) is 4.47. The van der Waals surface area contributed by atoms with Gasteiger partial charge in [-0.1, -0.05) is 25.1 Å². The summed E-state index contributed by atoms with van der Waals surface area (Å²) in [5, 5.41) is 1.07. The van der Waals surface area contributed by atoms with Crippen molar-refractivity contribution in [3.8, 4) is 0 Å². The van der Waals surface area contributed by atoms with Crippen molar-refractivity contribution in [2.75, 3.05) is 26.4 Å². The van der Waals surface area contributed by atoms with Crippen LogP contribution in [0.15, 0.2) is 34.7 Å². The Hall–Kier alpha value is -1.36. The van der Waals surface area contributed by atoms with Crippen LogP contribution in [0.25, 0.3) is 11.0 Å². The van der Waals surface area contributed by atoms with Gasteiger partial charge in [0, 0.05) is 12.0 Å². The van der Waals surface area contributed by atoms with Crippen molar-refractivity contribution in [1.82, 2.24) is 0 Å². The second kappa shape index (κ2) is 7.28. The summed E-state index contributed by atoms with van der Waals surface area (Å²) < 4.78 is 16.5. The molecule has 2 N–H and O–H groups in total. The minimum absolute atomic E-state index is 0.237. The Morgan fingerprint density at radius 2 is 1.95 bits per heavy atom. The topological polar surface area (TPSA) is 57.6 Å². The molecule has 104 valence electrons. The van der Waals surface area contributed by atoms with E-state index in [1.807, 2.05) is 30.3 Å². The number of hydrogen-bond acceptors (Lipinski definition) is 4. The maximum Gasteiger partial charge on any atom is 0.134 e. The molecule has 1 heterocycles. The van der Waals surface area contributed by atoms with Gasteiger partial charge in [0.2, 0.25) is 0 Å². The molecule has 1 aromatic heterocycles. The van der Waals surface area contributed by atoms with E-state index in [1.165, 1.54) is 0 Å². The van der Waals surface area contributed by atoms with Gasteiger partial charge in [0.05, 0.1) is 25.9 Å². The maximum atomic E-state index is 6.04. The zero-order valence-corrected chi connectivity index (χ0v) is 11.3. The summed E-state index contributed by atoms with van der Waals surface area (Å²) in [6.07, 6.45) is 1.03. The number of fused-ring (bicyclic) bond motifs is 1. The van der Waals surface area contributed by atoms with Crippen molar-refractivity contribution in [1.29, 1.82) is 0 Å². The molecule has 4 nitrogen and oxygen atoms in total. The highest BCUT2D eigenvalue weighted by molar-refractivity contribution is 5.77. The van der Waals surface area contributed by atoms with Gasteiger partial charge in [0.1, 0.15) is 11.3 Å². The van der Waals surface area contributed by atoms with Crippen molar-refractivity contribution in [3.05, 3.63) is 36.1 Å². The SMILES string of the molecule is CCCOCCOCC(N)c1cc2ccccc2o1. The highest BCUT2D eigenvalue weighted by Crippen LogP contribution is 2.22. The van der Waals surface area contributed by atoms with Crippen LogP contribution in [0.4, 0.5) is 0 Å². The Kier molecular flexibility index (Phi) is 5.39. The third-order valence-electron chi connectivity index (χ3n) is 2.83. The molecular weight excluding hydrogens is 242 g/mol. The minimum Gasteiger partial charge on any atom is -0.459 e. The molecule has 0 bridgehead atoms. The Balaban J connectivity index is 1.78. The van der Waals surface area contributed by atoms with Crippen LogP contribution < -0.4 is 5.73 Å². The van der Waals surface area contributed by atoms with Gasteiger partial charge in [-0.25, -0.2) is 0 Å². The van der Waals surface area contributed by atoms with Gasteiger partial charge in [0.25, 0.3) is 0 Å². The van der Waals surface area contributed by atoms with E-state index in [0.29, 0.717) is 19.8 Å². The minimum atomic E-state index is -0.237. The van der Waals surface area contributed by atoms with Gasteiger partial charge in [-0.2, -0.15) is 0 Å². The van der Waals surface area contributed by atoms with Crippen LogP contribution in [0.1, 0.15) is 25.1 Å². The van der Waals surface area contributed by atoms with Crippen molar-refractivity contribution in [2.24, 2.45) is 5.73 Å². The summed E-state index contributed by atoms with van der Waals surface area (Å²) >= 11 is 0. The van der Waals surface area contributed by atoms with Gasteiger partial charge < -0.3 is 19.6 Å². The molecular formula is C15H21NO3. The summed E-state index contributed by atoms with van der Waals surface area (Å²) in [7, 11) is 0. The second-order valence-corrected chi connectivity index (χ2v) is 4.48. The van der Waals surface area contributed by atoms with E-state index in [2.05, 4.69) is 6.92 Å². The van der Waals surface area contributed by atoms with Gasteiger partial charge in [0.15, 0.2) is 0 Å². The van der Waals surface area contributed by atoms with Crippen molar-refractivity contribution in [3.63, 3.8) is 0 Å². The molecule has 0 amide bonds. The second-order valence-electron chi connectivity index (χ2n) is 4.48. The monoisotopic (exact) mass is 263 g/mol. The van der Waals surface area contributed by atoms with Crippen molar-refractivity contribution >= 4 is 11.0 Å². The Bertz CT molecular complexity index is 462. The molecule has 0 saturated carbocycles. The fourth-order valence-corrected chi connectivity index (χ4v) is 1.84. The van der Waals surface area contributed by atoms with Gasteiger partial charge in [-0.15, -0.1) is 0 Å². The molecule has 0 spiro atoms. The quantitative estimate of drug-likeness (QED) is 0.744. The van der Waals surface area contributed by atoms with Gasteiger partial charge in [-0.05, 0) is 18.6 Å². The lowest BCUT2D eigenvalue weighted by atomic mass is 10.2. The van der Waals surface area contributed by atoms with E-state index in [-0.39, 0.29) is 6.04 Å². The third kappa shape index (κ3) is 4.06. The van der Waals surface area contributed by atoms with Crippen LogP contribution in [-0.4, -0.2) is 26.4 Å². The first-order valence-corrected chi connectivity index (χ1v) is 6.71. The molecule has 19 heavy (non-hydrogen) atoms. The van der Waals surface area contributed by atoms with Crippen LogP contribution in [-0.2, 0) is 9.47 Å². The highest BCUT2D eigenvalue weighted by Gasteiger charge is 2.11. The smallest absolute Gasteiger partial charge is 0.134 e. The number of nitrogens with two attached hydrogens (primary N) is 1. The van der Waals surface area contributed by atoms with Gasteiger partial charge >= 0.3 is 0 Å². The number of hydrogen-bond donors (Lipinski definition) is 1. The molecule has 0 aliphatic carbocycles. The molecule has 4 heteroatoms. The standard InChI is InChI=1S/C15H21NO3/c1-2-7-17-8-9-18-11-13(16)15-10-12-5-3-4-6-14(12)19-15/h3-6,10,13H,2,7-9,11,16H2,1H3. The first kappa shape index (κ1) is 14.1. The van der Waals surface area contributed by atoms with Crippen LogP contribution in [0.2, 0.25) is 0 Å². The molecule has 0 fully saturated rings. The fourth-order valence-electron chi connectivity index (χ4n) is 1.84. The largest absolute Gasteiger partial charge is 0.459 e. The van der Waals surface area contributed by atoms with Crippen LogP contribution >= 0.6 is 0 Å². The maximum absolute atomic E-state index is 6.04. The lowest BCUT2D eigenvalue weighted by Gasteiger charge is -2.09. The lowest BCUT2D eigenvalue weighted by Crippen LogP contribution is -2.18. The van der Waals surface area contributed by atoms with Crippen LogP contribution in [0.5, 0.6) is 0 Å².